The lowest BCUT2D eigenvalue weighted by molar-refractivity contribution is -0.384. The summed E-state index contributed by atoms with van der Waals surface area (Å²) in [5.41, 5.74) is 1.40. The summed E-state index contributed by atoms with van der Waals surface area (Å²) in [6, 6.07) is 4.47. The lowest BCUT2D eigenvalue weighted by Gasteiger charge is -2.04. The number of non-ortho nitro benzene ring substituents is 1. The number of hydrogen-bond acceptors (Lipinski definition) is 4. The molecule has 0 radical (unpaired) electrons. The predicted molar refractivity (Wildman–Crippen MR) is 83.2 cm³/mol. The predicted octanol–water partition coefficient (Wildman–Crippen LogP) is 1.99. The molecule has 0 saturated heterocycles. The number of nitro groups is 1. The van der Waals surface area contributed by atoms with Crippen LogP contribution in [-0.2, 0) is 16.0 Å². The molecule has 0 aliphatic rings. The Morgan fingerprint density at radius 3 is 2.78 bits per heavy atom. The molecule has 0 atom stereocenters. The van der Waals surface area contributed by atoms with Crippen molar-refractivity contribution in [2.45, 2.75) is 25.7 Å². The van der Waals surface area contributed by atoms with Crippen LogP contribution in [0.5, 0.6) is 0 Å². The number of unbranched alkanes of at least 4 members (excludes halogenated alkanes) is 1. The molecule has 0 unspecified atom stereocenters. The van der Waals surface area contributed by atoms with Gasteiger partial charge in [-0.25, -0.2) is 0 Å². The Hall–Kier alpha value is -2.90. The summed E-state index contributed by atoms with van der Waals surface area (Å²) < 4.78 is 0. The highest BCUT2D eigenvalue weighted by atomic mass is 16.6. The summed E-state index contributed by atoms with van der Waals surface area (Å²) in [4.78, 5) is 35.6. The molecule has 8 heteroatoms. The van der Waals surface area contributed by atoms with E-state index in [1.54, 1.807) is 12.3 Å². The first-order valence-electron chi connectivity index (χ1n) is 7.20. The third-order valence-electron chi connectivity index (χ3n) is 3.45. The minimum absolute atomic E-state index is 0.0209. The van der Waals surface area contributed by atoms with E-state index >= 15 is 0 Å². The van der Waals surface area contributed by atoms with Gasteiger partial charge >= 0.3 is 5.97 Å². The van der Waals surface area contributed by atoms with Gasteiger partial charge < -0.3 is 15.4 Å². The Kier molecular flexibility index (Phi) is 5.29. The van der Waals surface area contributed by atoms with E-state index in [0.717, 1.165) is 5.52 Å². The highest BCUT2D eigenvalue weighted by Crippen LogP contribution is 2.23. The molecular weight excluding hydrogens is 302 g/mol. The smallest absolute Gasteiger partial charge is 0.303 e. The van der Waals surface area contributed by atoms with Gasteiger partial charge in [-0.05, 0) is 24.5 Å². The van der Waals surface area contributed by atoms with Crippen LogP contribution in [0.25, 0.3) is 10.9 Å². The third-order valence-corrected chi connectivity index (χ3v) is 3.45. The van der Waals surface area contributed by atoms with Crippen LogP contribution in [0.2, 0.25) is 0 Å². The van der Waals surface area contributed by atoms with Gasteiger partial charge in [0.25, 0.3) is 5.69 Å². The summed E-state index contributed by atoms with van der Waals surface area (Å²) in [6.45, 7) is 0.411. The van der Waals surface area contributed by atoms with Crippen LogP contribution in [0.3, 0.4) is 0 Å². The van der Waals surface area contributed by atoms with E-state index in [1.165, 1.54) is 12.1 Å². The molecule has 2 rings (SSSR count). The fourth-order valence-corrected chi connectivity index (χ4v) is 2.29. The van der Waals surface area contributed by atoms with Gasteiger partial charge in [0.1, 0.15) is 0 Å². The molecule has 0 aliphatic carbocycles. The Balaban J connectivity index is 1.93. The van der Waals surface area contributed by atoms with E-state index in [0.29, 0.717) is 30.3 Å². The van der Waals surface area contributed by atoms with Crippen molar-refractivity contribution in [3.63, 3.8) is 0 Å². The monoisotopic (exact) mass is 319 g/mol. The summed E-state index contributed by atoms with van der Waals surface area (Å²) in [7, 11) is 0. The molecule has 0 aliphatic heterocycles. The summed E-state index contributed by atoms with van der Waals surface area (Å²) >= 11 is 0. The zero-order valence-corrected chi connectivity index (χ0v) is 12.4. The van der Waals surface area contributed by atoms with Crippen LogP contribution in [0.4, 0.5) is 5.69 Å². The molecule has 122 valence electrons. The van der Waals surface area contributed by atoms with Crippen LogP contribution in [-0.4, -0.2) is 33.4 Å². The number of rotatable bonds is 8. The number of aliphatic carboxylic acids is 1. The van der Waals surface area contributed by atoms with Crippen LogP contribution in [0.1, 0.15) is 24.8 Å². The van der Waals surface area contributed by atoms with Crippen LogP contribution in [0.15, 0.2) is 24.4 Å². The molecule has 1 heterocycles. The van der Waals surface area contributed by atoms with Crippen molar-refractivity contribution in [1.29, 1.82) is 0 Å². The Labute approximate surface area is 131 Å². The van der Waals surface area contributed by atoms with Crippen molar-refractivity contribution in [3.8, 4) is 0 Å². The van der Waals surface area contributed by atoms with Gasteiger partial charge in [0, 0.05) is 42.2 Å². The summed E-state index contributed by atoms with van der Waals surface area (Å²) in [5.74, 6) is -1.05. The van der Waals surface area contributed by atoms with Gasteiger partial charge in [0.05, 0.1) is 11.3 Å². The number of fused-ring (bicyclic) bond motifs is 1. The summed E-state index contributed by atoms with van der Waals surface area (Å²) in [6.07, 6.45) is 2.97. The quantitative estimate of drug-likeness (QED) is 0.390. The van der Waals surface area contributed by atoms with E-state index < -0.39 is 10.9 Å². The molecule has 0 saturated carbocycles. The van der Waals surface area contributed by atoms with Crippen molar-refractivity contribution >= 4 is 28.5 Å². The Morgan fingerprint density at radius 1 is 1.30 bits per heavy atom. The van der Waals surface area contributed by atoms with Crippen molar-refractivity contribution in [3.05, 3.63) is 40.1 Å². The zero-order chi connectivity index (χ0) is 16.8. The second kappa shape index (κ2) is 7.39. The highest BCUT2D eigenvalue weighted by molar-refractivity contribution is 5.90. The number of H-pyrrole nitrogens is 1. The normalized spacial score (nSPS) is 10.6. The average Bonchev–Trinajstić information content (AvgIpc) is 2.89. The first kappa shape index (κ1) is 16.5. The number of nitrogens with one attached hydrogen (secondary N) is 2. The van der Waals surface area contributed by atoms with Crippen molar-refractivity contribution in [1.82, 2.24) is 10.3 Å². The van der Waals surface area contributed by atoms with E-state index in [9.17, 15) is 19.7 Å². The van der Waals surface area contributed by atoms with Crippen molar-refractivity contribution < 1.29 is 19.6 Å². The molecule has 23 heavy (non-hydrogen) atoms. The fourth-order valence-electron chi connectivity index (χ4n) is 2.29. The summed E-state index contributed by atoms with van der Waals surface area (Å²) in [5, 5.41) is 22.7. The molecular formula is C15H17N3O5. The van der Waals surface area contributed by atoms with Crippen molar-refractivity contribution in [2.75, 3.05) is 6.54 Å². The molecule has 8 nitrogen and oxygen atoms in total. The number of benzene rings is 1. The number of nitrogens with zero attached hydrogens (tertiary/aromatic N) is 1. The average molecular weight is 319 g/mol. The molecule has 0 fully saturated rings. The molecule has 3 N–H and O–H groups in total. The van der Waals surface area contributed by atoms with E-state index in [4.69, 9.17) is 5.11 Å². The molecule has 2 aromatic rings. The number of carbonyl (C=O) groups is 2. The number of carboxylic acids is 1. The van der Waals surface area contributed by atoms with Gasteiger partial charge in [0.15, 0.2) is 0 Å². The number of hydrogen-bond donors (Lipinski definition) is 3. The maximum Gasteiger partial charge on any atom is 0.303 e. The minimum atomic E-state index is -0.850. The molecule has 1 aromatic heterocycles. The van der Waals surface area contributed by atoms with Crippen LogP contribution >= 0.6 is 0 Å². The second-order valence-electron chi connectivity index (χ2n) is 5.18. The van der Waals surface area contributed by atoms with Crippen molar-refractivity contribution in [2.24, 2.45) is 0 Å². The maximum absolute atomic E-state index is 11.9. The minimum Gasteiger partial charge on any atom is -0.481 e. The molecule has 1 aromatic carbocycles. The second-order valence-corrected chi connectivity index (χ2v) is 5.18. The topological polar surface area (TPSA) is 125 Å². The number of carboxylic acid groups (broad SMARTS) is 1. The standard InChI is InChI=1S/C15H17N3O5/c19-14(16-6-2-1-3-15(20)21)7-10-9-17-13-5-4-11(18(22)23)8-12(10)13/h4-5,8-9,17H,1-3,6-7H2,(H,16,19)(H,20,21). The zero-order valence-electron chi connectivity index (χ0n) is 12.4. The third kappa shape index (κ3) is 4.53. The lowest BCUT2D eigenvalue weighted by atomic mass is 10.1. The van der Waals surface area contributed by atoms with E-state index in [1.807, 2.05) is 0 Å². The number of amides is 1. The van der Waals surface area contributed by atoms with E-state index in [-0.39, 0.29) is 24.4 Å². The van der Waals surface area contributed by atoms with Gasteiger partial charge in [-0.1, -0.05) is 0 Å². The van der Waals surface area contributed by atoms with Gasteiger partial charge in [-0.2, -0.15) is 0 Å². The highest BCUT2D eigenvalue weighted by Gasteiger charge is 2.12. The number of nitro benzene ring substituents is 1. The SMILES string of the molecule is O=C(O)CCCCNC(=O)Cc1c[nH]c2ccc([N+](=O)[O-])cc12. The van der Waals surface area contributed by atoms with E-state index in [2.05, 4.69) is 10.3 Å². The number of aromatic nitrogens is 1. The first-order chi connectivity index (χ1) is 11.0. The van der Waals surface area contributed by atoms with Gasteiger partial charge in [-0.15, -0.1) is 0 Å². The fraction of sp³-hybridized carbons (Fsp3) is 0.333. The van der Waals surface area contributed by atoms with Gasteiger partial charge in [0.2, 0.25) is 5.91 Å². The molecule has 0 spiro atoms. The Bertz CT molecular complexity index is 738. The number of aromatic amines is 1. The van der Waals surface area contributed by atoms with Crippen LogP contribution in [0, 0.1) is 10.1 Å². The largest absolute Gasteiger partial charge is 0.481 e. The van der Waals surface area contributed by atoms with Crippen LogP contribution < -0.4 is 5.32 Å². The number of carbonyl (C=O) groups excluding carboxylic acids is 1. The Morgan fingerprint density at radius 2 is 2.09 bits per heavy atom. The molecule has 1 amide bonds. The van der Waals surface area contributed by atoms with Gasteiger partial charge in [-0.3, -0.25) is 19.7 Å². The first-order valence-corrected chi connectivity index (χ1v) is 7.20. The lowest BCUT2D eigenvalue weighted by Crippen LogP contribution is -2.26. The molecule has 0 bridgehead atoms. The maximum atomic E-state index is 11.9.